The van der Waals surface area contributed by atoms with Gasteiger partial charge >= 0.3 is 5.97 Å². The number of aromatic carboxylic acids is 1. The standard InChI is InChI=1S/C28H29NO3S/c1-4-18-12-13-23(32-19-9-7-8-16(2)14-19)25-21(28(30)31)15-22(29-26(18)25)27-17(3)20-10-5-6-11-24(20)33-27/h5-6,10-13,15-16,19H,4,7-9,14H2,1-3H3,(H,30,31)/t16-,19-/m1/s1. The molecule has 33 heavy (non-hydrogen) atoms. The number of pyridine rings is 1. The van der Waals surface area contributed by atoms with Gasteiger partial charge in [-0.3, -0.25) is 0 Å². The minimum atomic E-state index is -0.947. The molecule has 0 radical (unpaired) electrons. The van der Waals surface area contributed by atoms with E-state index in [1.807, 2.05) is 24.3 Å². The molecule has 0 spiro atoms. The predicted molar refractivity (Wildman–Crippen MR) is 136 cm³/mol. The fraction of sp³-hybridized carbons (Fsp3) is 0.357. The Kier molecular flexibility index (Phi) is 5.83. The van der Waals surface area contributed by atoms with Gasteiger partial charge in [0.25, 0.3) is 0 Å². The molecule has 170 valence electrons. The van der Waals surface area contributed by atoms with Crippen molar-refractivity contribution in [3.63, 3.8) is 0 Å². The molecular formula is C28H29NO3S. The summed E-state index contributed by atoms with van der Waals surface area (Å²) in [6.45, 7) is 6.43. The van der Waals surface area contributed by atoms with Crippen LogP contribution in [0.3, 0.4) is 0 Å². The summed E-state index contributed by atoms with van der Waals surface area (Å²) < 4.78 is 7.63. The average molecular weight is 460 g/mol. The molecule has 2 heterocycles. The second-order valence-electron chi connectivity index (χ2n) is 9.22. The Morgan fingerprint density at radius 3 is 2.76 bits per heavy atom. The number of nitrogens with zero attached hydrogens (tertiary/aromatic N) is 1. The van der Waals surface area contributed by atoms with Crippen LogP contribution in [-0.4, -0.2) is 22.2 Å². The van der Waals surface area contributed by atoms with Crippen LogP contribution in [0, 0.1) is 12.8 Å². The lowest BCUT2D eigenvalue weighted by Crippen LogP contribution is -2.24. The molecule has 1 N–H and O–H groups in total. The summed E-state index contributed by atoms with van der Waals surface area (Å²) in [4.78, 5) is 18.5. The second-order valence-corrected chi connectivity index (χ2v) is 10.3. The van der Waals surface area contributed by atoms with Crippen molar-refractivity contribution in [3.8, 4) is 16.3 Å². The molecule has 4 aromatic rings. The zero-order valence-electron chi connectivity index (χ0n) is 19.4. The molecule has 5 rings (SSSR count). The number of hydrogen-bond donors (Lipinski definition) is 1. The fourth-order valence-corrected chi connectivity index (χ4v) is 6.29. The highest BCUT2D eigenvalue weighted by Crippen LogP contribution is 2.41. The molecule has 2 aromatic heterocycles. The monoisotopic (exact) mass is 459 g/mol. The van der Waals surface area contributed by atoms with Crippen LogP contribution in [0.2, 0.25) is 0 Å². The number of carboxylic acids is 1. The summed E-state index contributed by atoms with van der Waals surface area (Å²) in [5.74, 6) is 0.327. The number of benzene rings is 2. The highest BCUT2D eigenvalue weighted by atomic mass is 32.1. The number of carboxylic acid groups (broad SMARTS) is 1. The van der Waals surface area contributed by atoms with Crippen LogP contribution in [0.15, 0.2) is 42.5 Å². The Hall–Kier alpha value is -2.92. The molecule has 1 aliphatic rings. The van der Waals surface area contributed by atoms with E-state index in [1.54, 1.807) is 17.4 Å². The van der Waals surface area contributed by atoms with E-state index in [-0.39, 0.29) is 11.7 Å². The quantitative estimate of drug-likeness (QED) is 0.333. The average Bonchev–Trinajstić information content (AvgIpc) is 3.15. The lowest BCUT2D eigenvalue weighted by molar-refractivity contribution is 0.0698. The molecule has 0 unspecified atom stereocenters. The Labute approximate surface area is 198 Å². The van der Waals surface area contributed by atoms with E-state index in [4.69, 9.17) is 9.72 Å². The third-order valence-corrected chi connectivity index (χ3v) is 8.17. The third kappa shape index (κ3) is 3.99. The van der Waals surface area contributed by atoms with E-state index in [9.17, 15) is 9.90 Å². The van der Waals surface area contributed by atoms with Crippen molar-refractivity contribution in [2.75, 3.05) is 0 Å². The zero-order chi connectivity index (χ0) is 23.1. The Bertz CT molecular complexity index is 1360. The molecule has 4 nitrogen and oxygen atoms in total. The lowest BCUT2D eigenvalue weighted by Gasteiger charge is -2.28. The summed E-state index contributed by atoms with van der Waals surface area (Å²) in [5, 5.41) is 12.0. The van der Waals surface area contributed by atoms with Crippen molar-refractivity contribution in [2.45, 2.75) is 59.0 Å². The molecule has 1 fully saturated rings. The van der Waals surface area contributed by atoms with Gasteiger partial charge in [0.05, 0.1) is 33.1 Å². The molecule has 5 heteroatoms. The first-order chi connectivity index (χ1) is 16.0. The Balaban J connectivity index is 1.71. The molecule has 2 aromatic carbocycles. The predicted octanol–water partition coefficient (Wildman–Crippen LogP) is 7.64. The van der Waals surface area contributed by atoms with Gasteiger partial charge in [-0.1, -0.05) is 44.5 Å². The molecule has 0 amide bonds. The van der Waals surface area contributed by atoms with E-state index in [0.717, 1.165) is 52.9 Å². The van der Waals surface area contributed by atoms with Gasteiger partial charge in [-0.25, -0.2) is 9.78 Å². The Morgan fingerprint density at radius 2 is 2.03 bits per heavy atom. The molecule has 1 aliphatic carbocycles. The van der Waals surface area contributed by atoms with Crippen LogP contribution >= 0.6 is 11.3 Å². The molecule has 0 aliphatic heterocycles. The summed E-state index contributed by atoms with van der Waals surface area (Å²) in [6, 6.07) is 14.0. The molecular weight excluding hydrogens is 430 g/mol. The fourth-order valence-electron chi connectivity index (χ4n) is 5.12. The van der Waals surface area contributed by atoms with Crippen molar-refractivity contribution in [3.05, 3.63) is 59.2 Å². The molecule has 2 atom stereocenters. The van der Waals surface area contributed by atoms with Gasteiger partial charge in [0.1, 0.15) is 5.75 Å². The van der Waals surface area contributed by atoms with Crippen LogP contribution in [0.4, 0.5) is 0 Å². The number of ether oxygens (including phenoxy) is 1. The van der Waals surface area contributed by atoms with Gasteiger partial charge in [-0.05, 0) is 73.2 Å². The van der Waals surface area contributed by atoms with Crippen molar-refractivity contribution in [2.24, 2.45) is 5.92 Å². The lowest BCUT2D eigenvalue weighted by atomic mass is 9.88. The van der Waals surface area contributed by atoms with Crippen LogP contribution in [0.1, 0.15) is 61.0 Å². The molecule has 0 bridgehead atoms. The van der Waals surface area contributed by atoms with Gasteiger partial charge in [-0.2, -0.15) is 0 Å². The largest absolute Gasteiger partial charge is 0.490 e. The first kappa shape index (κ1) is 21.9. The number of aryl methyl sites for hydroxylation is 2. The van der Waals surface area contributed by atoms with Gasteiger partial charge in [0.2, 0.25) is 0 Å². The van der Waals surface area contributed by atoms with Gasteiger partial charge in [0, 0.05) is 4.70 Å². The van der Waals surface area contributed by atoms with Crippen molar-refractivity contribution >= 4 is 38.3 Å². The highest BCUT2D eigenvalue weighted by molar-refractivity contribution is 7.22. The maximum absolute atomic E-state index is 12.5. The number of thiophene rings is 1. The zero-order valence-corrected chi connectivity index (χ0v) is 20.2. The topological polar surface area (TPSA) is 59.4 Å². The van der Waals surface area contributed by atoms with Crippen LogP contribution in [0.25, 0.3) is 31.6 Å². The van der Waals surface area contributed by atoms with E-state index in [1.165, 1.54) is 16.5 Å². The summed E-state index contributed by atoms with van der Waals surface area (Å²) in [6.07, 6.45) is 5.29. The maximum Gasteiger partial charge on any atom is 0.336 e. The second kappa shape index (κ2) is 8.79. The third-order valence-electron chi connectivity index (χ3n) is 6.88. The number of fused-ring (bicyclic) bond motifs is 2. The smallest absolute Gasteiger partial charge is 0.336 e. The molecule has 1 saturated carbocycles. The normalized spacial score (nSPS) is 18.6. The number of aromatic nitrogens is 1. The molecule has 0 saturated heterocycles. The van der Waals surface area contributed by atoms with Gasteiger partial charge in [0.15, 0.2) is 0 Å². The van der Waals surface area contributed by atoms with E-state index in [2.05, 4.69) is 32.9 Å². The number of rotatable bonds is 5. The maximum atomic E-state index is 12.5. The Morgan fingerprint density at radius 1 is 1.21 bits per heavy atom. The minimum absolute atomic E-state index is 0.121. The minimum Gasteiger partial charge on any atom is -0.490 e. The first-order valence-corrected chi connectivity index (χ1v) is 12.6. The summed E-state index contributed by atoms with van der Waals surface area (Å²) >= 11 is 1.67. The van der Waals surface area contributed by atoms with Crippen LogP contribution in [0.5, 0.6) is 5.75 Å². The summed E-state index contributed by atoms with van der Waals surface area (Å²) in [7, 11) is 0. The first-order valence-electron chi connectivity index (χ1n) is 11.8. The van der Waals surface area contributed by atoms with E-state index >= 15 is 0 Å². The van der Waals surface area contributed by atoms with Crippen molar-refractivity contribution < 1.29 is 14.6 Å². The van der Waals surface area contributed by atoms with Crippen LogP contribution in [-0.2, 0) is 6.42 Å². The van der Waals surface area contributed by atoms with Crippen LogP contribution < -0.4 is 4.74 Å². The SMILES string of the molecule is CCc1ccc(O[C@@H]2CCC[C@@H](C)C2)c2c(C(=O)O)cc(-c3sc4ccccc4c3C)nc12. The highest BCUT2D eigenvalue weighted by Gasteiger charge is 2.25. The van der Waals surface area contributed by atoms with E-state index in [0.29, 0.717) is 17.1 Å². The van der Waals surface area contributed by atoms with Gasteiger partial charge < -0.3 is 9.84 Å². The van der Waals surface area contributed by atoms with Crippen molar-refractivity contribution in [1.82, 2.24) is 4.98 Å². The van der Waals surface area contributed by atoms with Crippen molar-refractivity contribution in [1.29, 1.82) is 0 Å². The van der Waals surface area contributed by atoms with E-state index < -0.39 is 5.97 Å². The van der Waals surface area contributed by atoms with Gasteiger partial charge in [-0.15, -0.1) is 11.3 Å². The summed E-state index contributed by atoms with van der Waals surface area (Å²) in [5.41, 5.74) is 3.90. The number of carbonyl (C=O) groups is 1. The number of hydrogen-bond acceptors (Lipinski definition) is 4.